The van der Waals surface area contributed by atoms with E-state index in [4.69, 9.17) is 4.74 Å². The number of likely N-dealkylation sites (tertiary alicyclic amines) is 1. The molecule has 35 heavy (non-hydrogen) atoms. The molecule has 1 heterocycles. The molecule has 2 aliphatic rings. The SMILES string of the molecule is CC1(C)CC2CC(C)(CN2C(=O)COC(=O)c2ccc(NS(=O)(=O)c3ccc(F)c(F)c3)cc2)C1. The number of ether oxygens (including phenoxy) is 1. The lowest BCUT2D eigenvalue weighted by Crippen LogP contribution is -2.39. The van der Waals surface area contributed by atoms with Gasteiger partial charge in [-0.1, -0.05) is 20.8 Å². The van der Waals surface area contributed by atoms with Crippen molar-refractivity contribution in [1.82, 2.24) is 4.90 Å². The van der Waals surface area contributed by atoms with Gasteiger partial charge in [-0.2, -0.15) is 0 Å². The maximum Gasteiger partial charge on any atom is 0.338 e. The average Bonchev–Trinajstić information content (AvgIpc) is 3.02. The second-order valence-electron chi connectivity index (χ2n) is 10.6. The Hall–Kier alpha value is -3.01. The lowest BCUT2D eigenvalue weighted by molar-refractivity contribution is -0.135. The fourth-order valence-corrected chi connectivity index (χ4v) is 6.65. The van der Waals surface area contributed by atoms with Gasteiger partial charge in [0.2, 0.25) is 0 Å². The molecule has 7 nitrogen and oxygen atoms in total. The van der Waals surface area contributed by atoms with Gasteiger partial charge >= 0.3 is 5.97 Å². The van der Waals surface area contributed by atoms with E-state index in [0.29, 0.717) is 12.6 Å². The van der Waals surface area contributed by atoms with Gasteiger partial charge in [0.15, 0.2) is 18.2 Å². The number of hydrogen-bond acceptors (Lipinski definition) is 5. The van der Waals surface area contributed by atoms with E-state index < -0.39 is 32.5 Å². The standard InChI is InChI=1S/C25H28F2N2O5S/c1-24(2)11-18-12-25(3,14-24)15-29(18)22(30)13-34-23(31)16-4-6-17(7-5-16)28-35(32,33)19-8-9-20(26)21(27)10-19/h4-10,18,28H,11-15H2,1-3H3. The highest BCUT2D eigenvalue weighted by Gasteiger charge is 2.50. The zero-order valence-electron chi connectivity index (χ0n) is 19.8. The molecule has 4 rings (SSSR count). The van der Waals surface area contributed by atoms with Gasteiger partial charge in [0.1, 0.15) is 0 Å². The summed E-state index contributed by atoms with van der Waals surface area (Å²) in [4.78, 5) is 26.6. The molecule has 0 spiro atoms. The minimum Gasteiger partial charge on any atom is -0.452 e. The molecule has 2 aromatic rings. The number of nitrogens with zero attached hydrogens (tertiary/aromatic N) is 1. The zero-order chi connectivity index (χ0) is 25.6. The van der Waals surface area contributed by atoms with Gasteiger partial charge in [0.25, 0.3) is 15.9 Å². The minimum absolute atomic E-state index is 0.0783. The lowest BCUT2D eigenvalue weighted by Gasteiger charge is -2.39. The van der Waals surface area contributed by atoms with Crippen LogP contribution in [0.15, 0.2) is 47.4 Å². The maximum absolute atomic E-state index is 13.4. The molecular weight excluding hydrogens is 478 g/mol. The third-order valence-electron chi connectivity index (χ3n) is 6.64. The summed E-state index contributed by atoms with van der Waals surface area (Å²) in [6.45, 7) is 6.92. The van der Waals surface area contributed by atoms with Crippen molar-refractivity contribution >= 4 is 27.6 Å². The van der Waals surface area contributed by atoms with Gasteiger partial charge in [0.05, 0.1) is 10.5 Å². The first-order valence-electron chi connectivity index (χ1n) is 11.3. The molecule has 2 fully saturated rings. The van der Waals surface area contributed by atoms with Gasteiger partial charge in [-0.15, -0.1) is 0 Å². The van der Waals surface area contributed by atoms with Crippen LogP contribution in [-0.2, 0) is 19.6 Å². The number of hydrogen-bond donors (Lipinski definition) is 1. The summed E-state index contributed by atoms with van der Waals surface area (Å²) in [5.41, 5.74) is 0.497. The van der Waals surface area contributed by atoms with Crippen molar-refractivity contribution < 1.29 is 31.5 Å². The van der Waals surface area contributed by atoms with E-state index in [-0.39, 0.29) is 40.6 Å². The second-order valence-corrected chi connectivity index (χ2v) is 12.3. The quantitative estimate of drug-likeness (QED) is 0.588. The van der Waals surface area contributed by atoms with Crippen LogP contribution in [0.2, 0.25) is 0 Å². The Morgan fingerprint density at radius 3 is 2.40 bits per heavy atom. The summed E-state index contributed by atoms with van der Waals surface area (Å²) in [5.74, 6) is -3.37. The first-order valence-corrected chi connectivity index (χ1v) is 12.8. The van der Waals surface area contributed by atoms with E-state index in [0.717, 1.165) is 31.4 Å². The number of carbonyl (C=O) groups is 2. The first kappa shape index (κ1) is 25.1. The normalized spacial score (nSPS) is 23.1. The molecule has 2 aromatic carbocycles. The highest BCUT2D eigenvalue weighted by molar-refractivity contribution is 7.92. The molecule has 1 aliphatic heterocycles. The van der Waals surface area contributed by atoms with Gasteiger partial charge < -0.3 is 9.64 Å². The van der Waals surface area contributed by atoms with Crippen molar-refractivity contribution in [1.29, 1.82) is 0 Å². The fraction of sp³-hybridized carbons (Fsp3) is 0.440. The molecular formula is C25H28F2N2O5S. The van der Waals surface area contributed by atoms with Crippen LogP contribution in [0.5, 0.6) is 0 Å². The van der Waals surface area contributed by atoms with Crippen molar-refractivity contribution in [2.24, 2.45) is 10.8 Å². The molecule has 10 heteroatoms. The minimum atomic E-state index is -4.16. The predicted octanol–water partition coefficient (Wildman–Crippen LogP) is 4.35. The summed E-state index contributed by atoms with van der Waals surface area (Å²) in [6, 6.07) is 7.77. The zero-order valence-corrected chi connectivity index (χ0v) is 20.6. The highest BCUT2D eigenvalue weighted by Crippen LogP contribution is 2.52. The average molecular weight is 507 g/mol. The maximum atomic E-state index is 13.4. The third-order valence-corrected chi connectivity index (χ3v) is 8.02. The number of rotatable bonds is 6. The number of benzene rings is 2. The molecule has 1 N–H and O–H groups in total. The first-order chi connectivity index (χ1) is 16.3. The number of anilines is 1. The lowest BCUT2D eigenvalue weighted by atomic mass is 9.65. The molecule has 2 atom stereocenters. The Bertz CT molecular complexity index is 1260. The van der Waals surface area contributed by atoms with E-state index in [9.17, 15) is 26.8 Å². The van der Waals surface area contributed by atoms with Crippen LogP contribution in [-0.4, -0.2) is 44.4 Å². The van der Waals surface area contributed by atoms with E-state index >= 15 is 0 Å². The van der Waals surface area contributed by atoms with E-state index in [1.807, 2.05) is 4.90 Å². The number of nitrogens with one attached hydrogen (secondary N) is 1. The number of carbonyl (C=O) groups excluding carboxylic acids is 2. The Morgan fingerprint density at radius 2 is 1.74 bits per heavy atom. The summed E-state index contributed by atoms with van der Waals surface area (Å²) in [7, 11) is -4.16. The summed E-state index contributed by atoms with van der Waals surface area (Å²) in [6.07, 6.45) is 2.93. The highest BCUT2D eigenvalue weighted by atomic mass is 32.2. The van der Waals surface area contributed by atoms with Crippen LogP contribution in [0.3, 0.4) is 0 Å². The van der Waals surface area contributed by atoms with Gasteiger partial charge in [0, 0.05) is 18.3 Å². The summed E-state index contributed by atoms with van der Waals surface area (Å²) in [5, 5.41) is 0. The van der Waals surface area contributed by atoms with E-state index in [1.165, 1.54) is 24.3 Å². The van der Waals surface area contributed by atoms with Crippen LogP contribution >= 0.6 is 0 Å². The van der Waals surface area contributed by atoms with E-state index in [2.05, 4.69) is 25.5 Å². The molecule has 1 amide bonds. The van der Waals surface area contributed by atoms with Crippen LogP contribution in [0.25, 0.3) is 0 Å². The van der Waals surface area contributed by atoms with Crippen molar-refractivity contribution in [3.05, 3.63) is 59.7 Å². The Balaban J connectivity index is 1.35. The molecule has 1 saturated carbocycles. The fourth-order valence-electron chi connectivity index (χ4n) is 5.58. The Kier molecular flexibility index (Phi) is 6.37. The van der Waals surface area contributed by atoms with E-state index in [1.54, 1.807) is 0 Å². The number of halogens is 2. The third kappa shape index (κ3) is 5.47. The molecule has 1 saturated heterocycles. The molecule has 2 unspecified atom stereocenters. The number of fused-ring (bicyclic) bond motifs is 2. The van der Waals surface area contributed by atoms with Crippen molar-refractivity contribution in [3.63, 3.8) is 0 Å². The Labute approximate surface area is 203 Å². The van der Waals surface area contributed by atoms with Crippen molar-refractivity contribution in [3.8, 4) is 0 Å². The summed E-state index contributed by atoms with van der Waals surface area (Å²) < 4.78 is 58.7. The summed E-state index contributed by atoms with van der Waals surface area (Å²) >= 11 is 0. The van der Waals surface area contributed by atoms with Crippen LogP contribution in [0.1, 0.15) is 50.4 Å². The molecule has 2 bridgehead atoms. The number of esters is 1. The monoisotopic (exact) mass is 506 g/mol. The van der Waals surface area contributed by atoms with Gasteiger partial charge in [-0.25, -0.2) is 22.0 Å². The molecule has 0 radical (unpaired) electrons. The van der Waals surface area contributed by atoms with Crippen LogP contribution in [0, 0.1) is 22.5 Å². The molecule has 188 valence electrons. The predicted molar refractivity (Wildman–Crippen MR) is 125 cm³/mol. The Morgan fingerprint density at radius 1 is 1.06 bits per heavy atom. The van der Waals surface area contributed by atoms with Crippen molar-refractivity contribution in [2.45, 2.75) is 51.0 Å². The van der Waals surface area contributed by atoms with Crippen molar-refractivity contribution in [2.75, 3.05) is 17.9 Å². The molecule has 0 aromatic heterocycles. The van der Waals surface area contributed by atoms with Crippen LogP contribution in [0.4, 0.5) is 14.5 Å². The van der Waals surface area contributed by atoms with Gasteiger partial charge in [-0.05, 0) is 72.6 Å². The second kappa shape index (κ2) is 8.89. The topological polar surface area (TPSA) is 92.8 Å². The largest absolute Gasteiger partial charge is 0.452 e. The molecule has 1 aliphatic carbocycles. The van der Waals surface area contributed by atoms with Crippen LogP contribution < -0.4 is 4.72 Å². The smallest absolute Gasteiger partial charge is 0.338 e. The number of sulfonamides is 1. The van der Waals surface area contributed by atoms with Gasteiger partial charge in [-0.3, -0.25) is 9.52 Å². The number of amides is 1.